The fourth-order valence-electron chi connectivity index (χ4n) is 9.01. The molecule has 0 amide bonds. The van der Waals surface area contributed by atoms with Crippen molar-refractivity contribution in [3.8, 4) is 0 Å². The number of rotatable bonds is 5. The first-order valence-corrected chi connectivity index (χ1v) is 13.7. The summed E-state index contributed by atoms with van der Waals surface area (Å²) in [6.45, 7) is 20.3. The van der Waals surface area contributed by atoms with E-state index in [1.165, 1.54) is 64.2 Å². The summed E-state index contributed by atoms with van der Waals surface area (Å²) >= 11 is 0. The zero-order valence-corrected chi connectivity index (χ0v) is 21.7. The molecule has 0 bridgehead atoms. The molecule has 8 atom stereocenters. The van der Waals surface area contributed by atoms with Crippen molar-refractivity contribution in [3.63, 3.8) is 0 Å². The van der Waals surface area contributed by atoms with Crippen LogP contribution in [-0.4, -0.2) is 0 Å². The van der Waals surface area contributed by atoms with Crippen LogP contribution in [0.5, 0.6) is 0 Å². The molecular formula is C30H52. The summed E-state index contributed by atoms with van der Waals surface area (Å²) < 4.78 is 0. The molecule has 0 heterocycles. The lowest BCUT2D eigenvalue weighted by atomic mass is 9.45. The average molecular weight is 413 g/mol. The first-order chi connectivity index (χ1) is 14.0. The van der Waals surface area contributed by atoms with Crippen LogP contribution in [-0.2, 0) is 0 Å². The quantitative estimate of drug-likeness (QED) is 0.394. The van der Waals surface area contributed by atoms with Crippen LogP contribution in [0.15, 0.2) is 11.6 Å². The lowest BCUT2D eigenvalue weighted by molar-refractivity contribution is -0.0565. The van der Waals surface area contributed by atoms with Gasteiger partial charge in [0.25, 0.3) is 0 Å². The monoisotopic (exact) mass is 412 g/mol. The van der Waals surface area contributed by atoms with Gasteiger partial charge in [-0.2, -0.15) is 0 Å². The largest absolute Gasteiger partial charge is 0.0845 e. The summed E-state index contributed by atoms with van der Waals surface area (Å²) in [5.41, 5.74) is 3.53. The second-order valence-electron chi connectivity index (χ2n) is 14.1. The maximum Gasteiger partial charge on any atom is -0.00849 e. The fourth-order valence-corrected chi connectivity index (χ4v) is 9.01. The van der Waals surface area contributed by atoms with Gasteiger partial charge in [0.2, 0.25) is 0 Å². The van der Waals surface area contributed by atoms with Gasteiger partial charge in [-0.15, -0.1) is 0 Å². The second kappa shape index (κ2) is 7.95. The third-order valence-corrected chi connectivity index (χ3v) is 11.6. The Morgan fingerprint density at radius 3 is 2.30 bits per heavy atom. The zero-order chi connectivity index (χ0) is 21.9. The SMILES string of the molecule is CC(C)[C@@H](C)CC[C@@H](C)[C@H]1CC[C@H]2[C@@H]3CC=C4CC(C)(C)CC[C@]4(C)[C@H]3CC[C@]12C. The summed E-state index contributed by atoms with van der Waals surface area (Å²) in [5, 5.41) is 0. The molecule has 30 heavy (non-hydrogen) atoms. The summed E-state index contributed by atoms with van der Waals surface area (Å²) in [6.07, 6.45) is 17.4. The molecule has 172 valence electrons. The molecule has 0 spiro atoms. The Morgan fingerprint density at radius 1 is 0.867 bits per heavy atom. The van der Waals surface area contributed by atoms with Gasteiger partial charge in [0.1, 0.15) is 0 Å². The molecule has 4 rings (SSSR count). The molecule has 0 radical (unpaired) electrons. The van der Waals surface area contributed by atoms with Crippen LogP contribution in [0.1, 0.15) is 120 Å². The molecule has 0 unspecified atom stereocenters. The molecular weight excluding hydrogens is 360 g/mol. The highest BCUT2D eigenvalue weighted by molar-refractivity contribution is 5.26. The Bertz CT molecular complexity index is 653. The van der Waals surface area contributed by atoms with E-state index in [4.69, 9.17) is 0 Å². The molecule has 4 aliphatic carbocycles. The maximum atomic E-state index is 2.76. The van der Waals surface area contributed by atoms with Crippen LogP contribution in [0.25, 0.3) is 0 Å². The maximum absolute atomic E-state index is 2.76. The molecule has 3 saturated carbocycles. The fraction of sp³-hybridized carbons (Fsp3) is 0.933. The van der Waals surface area contributed by atoms with Gasteiger partial charge < -0.3 is 0 Å². The Morgan fingerprint density at radius 2 is 1.60 bits per heavy atom. The lowest BCUT2D eigenvalue weighted by Gasteiger charge is -2.59. The molecule has 0 aliphatic heterocycles. The van der Waals surface area contributed by atoms with Crippen molar-refractivity contribution < 1.29 is 0 Å². The predicted octanol–water partition coefficient (Wildman–Crippen LogP) is 9.30. The van der Waals surface area contributed by atoms with Gasteiger partial charge in [-0.25, -0.2) is 0 Å². The van der Waals surface area contributed by atoms with Gasteiger partial charge in [0, 0.05) is 0 Å². The highest BCUT2D eigenvalue weighted by atomic mass is 14.6. The minimum absolute atomic E-state index is 0.524. The van der Waals surface area contributed by atoms with Gasteiger partial charge in [-0.3, -0.25) is 0 Å². The summed E-state index contributed by atoms with van der Waals surface area (Å²) in [7, 11) is 0. The molecule has 0 N–H and O–H groups in total. The molecule has 0 heteroatoms. The number of hydrogen-bond donors (Lipinski definition) is 0. The van der Waals surface area contributed by atoms with Gasteiger partial charge in [-0.1, -0.05) is 79.9 Å². The van der Waals surface area contributed by atoms with E-state index in [2.05, 4.69) is 61.5 Å². The van der Waals surface area contributed by atoms with Gasteiger partial charge >= 0.3 is 0 Å². The molecule has 0 aromatic carbocycles. The summed E-state index contributed by atoms with van der Waals surface area (Å²) in [5.74, 6) is 6.56. The molecule has 4 aliphatic rings. The van der Waals surface area contributed by atoms with E-state index in [0.717, 1.165) is 41.4 Å². The Balaban J connectivity index is 1.49. The highest BCUT2D eigenvalue weighted by Gasteiger charge is 2.59. The van der Waals surface area contributed by atoms with E-state index in [0.29, 0.717) is 16.2 Å². The van der Waals surface area contributed by atoms with Crippen LogP contribution in [0.2, 0.25) is 0 Å². The van der Waals surface area contributed by atoms with Gasteiger partial charge in [0.05, 0.1) is 0 Å². The predicted molar refractivity (Wildman–Crippen MR) is 131 cm³/mol. The van der Waals surface area contributed by atoms with Crippen LogP contribution in [0, 0.1) is 57.7 Å². The molecule has 0 nitrogen and oxygen atoms in total. The minimum atomic E-state index is 0.524. The Hall–Kier alpha value is -0.260. The van der Waals surface area contributed by atoms with E-state index in [9.17, 15) is 0 Å². The van der Waals surface area contributed by atoms with Crippen LogP contribution in [0.4, 0.5) is 0 Å². The minimum Gasteiger partial charge on any atom is -0.0845 e. The summed E-state index contributed by atoms with van der Waals surface area (Å²) in [6, 6.07) is 0. The highest BCUT2D eigenvalue weighted by Crippen LogP contribution is 2.68. The molecule has 0 saturated heterocycles. The third kappa shape index (κ3) is 3.75. The van der Waals surface area contributed by atoms with Crippen molar-refractivity contribution in [2.75, 3.05) is 0 Å². The Kier molecular flexibility index (Phi) is 6.07. The molecule has 3 fully saturated rings. The van der Waals surface area contributed by atoms with E-state index in [1.807, 2.05) is 5.57 Å². The van der Waals surface area contributed by atoms with E-state index < -0.39 is 0 Å². The van der Waals surface area contributed by atoms with Gasteiger partial charge in [-0.05, 0) is 109 Å². The van der Waals surface area contributed by atoms with Crippen molar-refractivity contribution in [2.45, 2.75) is 120 Å². The van der Waals surface area contributed by atoms with Crippen molar-refractivity contribution in [1.82, 2.24) is 0 Å². The van der Waals surface area contributed by atoms with Crippen LogP contribution >= 0.6 is 0 Å². The van der Waals surface area contributed by atoms with E-state index in [1.54, 1.807) is 0 Å². The van der Waals surface area contributed by atoms with Crippen molar-refractivity contribution in [1.29, 1.82) is 0 Å². The van der Waals surface area contributed by atoms with Crippen molar-refractivity contribution >= 4 is 0 Å². The number of hydrogen-bond acceptors (Lipinski definition) is 0. The first-order valence-electron chi connectivity index (χ1n) is 13.7. The van der Waals surface area contributed by atoms with E-state index >= 15 is 0 Å². The Labute approximate surface area is 189 Å². The number of allylic oxidation sites excluding steroid dienone is 2. The second-order valence-corrected chi connectivity index (χ2v) is 14.1. The third-order valence-electron chi connectivity index (χ3n) is 11.6. The van der Waals surface area contributed by atoms with E-state index in [-0.39, 0.29) is 0 Å². The van der Waals surface area contributed by atoms with Crippen LogP contribution < -0.4 is 0 Å². The molecule has 0 aromatic rings. The smallest absolute Gasteiger partial charge is 0.00849 e. The summed E-state index contributed by atoms with van der Waals surface area (Å²) in [4.78, 5) is 0. The standard InChI is InChI=1S/C30H52/c1-20(2)21(3)9-10-22(4)25-13-14-26-24-12-11-23-19-28(5,6)17-18-29(23,7)27(24)15-16-30(25,26)8/h11,20-22,24-27H,9-10,12-19H2,1-8H3/t21-,22+,24-,25+,26-,27-,29-,30+/m0/s1. The van der Waals surface area contributed by atoms with Gasteiger partial charge in [0.15, 0.2) is 0 Å². The van der Waals surface area contributed by atoms with Crippen molar-refractivity contribution in [2.24, 2.45) is 57.7 Å². The topological polar surface area (TPSA) is 0 Å². The first kappa shape index (κ1) is 22.9. The normalized spacial score (nSPS) is 44.6. The zero-order valence-electron chi connectivity index (χ0n) is 21.7. The molecule has 0 aromatic heterocycles. The van der Waals surface area contributed by atoms with Crippen molar-refractivity contribution in [3.05, 3.63) is 11.6 Å². The van der Waals surface area contributed by atoms with Crippen LogP contribution in [0.3, 0.4) is 0 Å². The average Bonchev–Trinajstić information content (AvgIpc) is 3.03. The lowest BCUT2D eigenvalue weighted by Crippen LogP contribution is -2.51. The number of fused-ring (bicyclic) bond motifs is 5.